The molecule has 0 rings (SSSR count). The van der Waals surface area contributed by atoms with Gasteiger partial charge in [-0.15, -0.1) is 0 Å². The average molecular weight is 220 g/mol. The topological polar surface area (TPSA) is 26.3 Å². The Morgan fingerprint density at radius 2 is 1.93 bits per heavy atom. The first-order valence-corrected chi connectivity index (χ1v) is 4.03. The molecule has 0 amide bonds. The predicted octanol–water partition coefficient (Wildman–Crippen LogP) is 2.78. The molecule has 0 bridgehead atoms. The summed E-state index contributed by atoms with van der Waals surface area (Å²) < 4.78 is 41.7. The molecular formula is C10H11F3O2. The number of hydrogen-bond acceptors (Lipinski definition) is 2. The van der Waals surface area contributed by atoms with Crippen molar-refractivity contribution < 1.29 is 22.7 Å². The second-order valence-electron chi connectivity index (χ2n) is 2.51. The number of carbonyl (C=O) groups excluding carboxylic acids is 1. The lowest BCUT2D eigenvalue weighted by molar-refractivity contribution is -0.137. The zero-order valence-electron chi connectivity index (χ0n) is 8.39. The van der Waals surface area contributed by atoms with Crippen LogP contribution in [0.3, 0.4) is 0 Å². The first-order chi connectivity index (χ1) is 6.88. The zero-order valence-corrected chi connectivity index (χ0v) is 8.39. The summed E-state index contributed by atoms with van der Waals surface area (Å²) in [6.07, 6.45) is -1.86. The van der Waals surface area contributed by atoms with Crippen LogP contribution in [0.1, 0.15) is 6.92 Å². The molecule has 0 aliphatic carbocycles. The largest absolute Gasteiger partial charge is 0.465 e. The van der Waals surface area contributed by atoms with Gasteiger partial charge in [0.2, 0.25) is 0 Å². The Morgan fingerprint density at radius 3 is 2.20 bits per heavy atom. The van der Waals surface area contributed by atoms with Crippen molar-refractivity contribution in [2.75, 3.05) is 7.11 Å². The summed E-state index contributed by atoms with van der Waals surface area (Å²) in [6.45, 7) is 4.49. The quantitative estimate of drug-likeness (QED) is 0.415. The van der Waals surface area contributed by atoms with Gasteiger partial charge >= 0.3 is 12.1 Å². The molecule has 0 radical (unpaired) electrons. The predicted molar refractivity (Wildman–Crippen MR) is 50.1 cm³/mol. The molecule has 0 unspecified atom stereocenters. The first kappa shape index (κ1) is 13.5. The second-order valence-corrected chi connectivity index (χ2v) is 2.51. The van der Waals surface area contributed by atoms with E-state index in [4.69, 9.17) is 0 Å². The van der Waals surface area contributed by atoms with Crippen molar-refractivity contribution in [2.45, 2.75) is 13.1 Å². The zero-order chi connectivity index (χ0) is 12.1. The number of ether oxygens (including phenoxy) is 1. The van der Waals surface area contributed by atoms with Crippen molar-refractivity contribution in [1.29, 1.82) is 0 Å². The Kier molecular flexibility index (Phi) is 4.84. The van der Waals surface area contributed by atoms with Crippen molar-refractivity contribution in [2.24, 2.45) is 0 Å². The van der Waals surface area contributed by atoms with E-state index in [9.17, 15) is 18.0 Å². The molecule has 0 aromatic heterocycles. The Balaban J connectivity index is 5.36. The van der Waals surface area contributed by atoms with Crippen molar-refractivity contribution in [3.05, 3.63) is 36.0 Å². The monoisotopic (exact) mass is 220 g/mol. The van der Waals surface area contributed by atoms with Gasteiger partial charge in [-0.1, -0.05) is 18.7 Å². The molecule has 0 aromatic rings. The van der Waals surface area contributed by atoms with Gasteiger partial charge < -0.3 is 4.74 Å². The van der Waals surface area contributed by atoms with Gasteiger partial charge in [0.25, 0.3) is 0 Å². The minimum Gasteiger partial charge on any atom is -0.465 e. The van der Waals surface area contributed by atoms with Crippen molar-refractivity contribution in [3.63, 3.8) is 0 Å². The summed E-state index contributed by atoms with van der Waals surface area (Å²) in [6, 6.07) is 0. The van der Waals surface area contributed by atoms with E-state index in [1.165, 1.54) is 6.92 Å². The van der Waals surface area contributed by atoms with E-state index in [0.29, 0.717) is 0 Å². The molecule has 5 heteroatoms. The van der Waals surface area contributed by atoms with Gasteiger partial charge in [-0.3, -0.25) is 0 Å². The van der Waals surface area contributed by atoms with Gasteiger partial charge in [-0.2, -0.15) is 13.2 Å². The molecule has 0 fully saturated rings. The lowest BCUT2D eigenvalue weighted by Gasteiger charge is -2.12. The number of alkyl halides is 3. The molecule has 0 aromatic carbocycles. The molecule has 0 atom stereocenters. The summed E-state index contributed by atoms with van der Waals surface area (Å²) in [7, 11) is 1.02. The molecule has 0 saturated carbocycles. The fraction of sp³-hybridized carbons (Fsp3) is 0.300. The summed E-state index contributed by atoms with van der Waals surface area (Å²) >= 11 is 0. The number of carbonyl (C=O) groups is 1. The highest BCUT2D eigenvalue weighted by Crippen LogP contribution is 2.31. The highest BCUT2D eigenvalue weighted by atomic mass is 19.4. The van der Waals surface area contributed by atoms with E-state index in [1.807, 2.05) is 0 Å². The average Bonchev–Trinajstić information content (AvgIpc) is 2.15. The summed E-state index contributed by atoms with van der Waals surface area (Å²) in [4.78, 5) is 11.0. The molecule has 0 saturated heterocycles. The number of rotatable bonds is 3. The fourth-order valence-electron chi connectivity index (χ4n) is 0.948. The fourth-order valence-corrected chi connectivity index (χ4v) is 0.948. The maximum atomic E-state index is 12.5. The van der Waals surface area contributed by atoms with Crippen LogP contribution in [-0.4, -0.2) is 19.3 Å². The van der Waals surface area contributed by atoms with Gasteiger partial charge in [0.1, 0.15) is 0 Å². The minimum atomic E-state index is -4.61. The van der Waals surface area contributed by atoms with E-state index >= 15 is 0 Å². The smallest absolute Gasteiger partial charge is 0.417 e. The van der Waals surface area contributed by atoms with E-state index < -0.39 is 23.3 Å². The molecule has 0 aliphatic rings. The van der Waals surface area contributed by atoms with E-state index in [2.05, 4.69) is 11.3 Å². The van der Waals surface area contributed by atoms with Gasteiger partial charge in [0.15, 0.2) is 0 Å². The second kappa shape index (κ2) is 5.38. The van der Waals surface area contributed by atoms with Gasteiger partial charge in [0.05, 0.1) is 18.3 Å². The molecule has 0 spiro atoms. The van der Waals surface area contributed by atoms with E-state index in [0.717, 1.165) is 25.3 Å². The lowest BCUT2D eigenvalue weighted by atomic mass is 10.1. The van der Waals surface area contributed by atoms with E-state index in [1.54, 1.807) is 0 Å². The van der Waals surface area contributed by atoms with Crippen LogP contribution in [0.15, 0.2) is 36.0 Å². The standard InChI is InChI=1S/C10H11F3O2/c1-4-6-8(10(11,12)13)7(5-2)9(14)15-3/h4-6H,1H2,2-3H3/b7-5+,8-6+. The molecule has 15 heavy (non-hydrogen) atoms. The normalized spacial score (nSPS) is 13.7. The molecule has 84 valence electrons. The minimum absolute atomic E-state index is 0.523. The maximum absolute atomic E-state index is 12.5. The van der Waals surface area contributed by atoms with Crippen LogP contribution in [0.25, 0.3) is 0 Å². The highest BCUT2D eigenvalue weighted by molar-refractivity contribution is 5.93. The Bertz CT molecular complexity index is 311. The van der Waals surface area contributed by atoms with Gasteiger partial charge in [-0.25, -0.2) is 4.79 Å². The third-order valence-corrected chi connectivity index (χ3v) is 1.57. The Morgan fingerprint density at radius 1 is 1.40 bits per heavy atom. The van der Waals surface area contributed by atoms with Gasteiger partial charge in [-0.05, 0) is 13.0 Å². The number of esters is 1. The van der Waals surface area contributed by atoms with Crippen molar-refractivity contribution in [1.82, 2.24) is 0 Å². The van der Waals surface area contributed by atoms with Crippen LogP contribution in [0, 0.1) is 0 Å². The molecule has 0 aliphatic heterocycles. The maximum Gasteiger partial charge on any atom is 0.417 e. The van der Waals surface area contributed by atoms with Crippen LogP contribution in [0.5, 0.6) is 0 Å². The number of halogens is 3. The van der Waals surface area contributed by atoms with Crippen LogP contribution >= 0.6 is 0 Å². The highest BCUT2D eigenvalue weighted by Gasteiger charge is 2.37. The van der Waals surface area contributed by atoms with Gasteiger partial charge in [0, 0.05) is 0 Å². The molecule has 0 heterocycles. The summed E-state index contributed by atoms with van der Waals surface area (Å²) in [5.74, 6) is -1.03. The Hall–Kier alpha value is -1.52. The van der Waals surface area contributed by atoms with Crippen molar-refractivity contribution >= 4 is 5.97 Å². The summed E-state index contributed by atoms with van der Waals surface area (Å²) in [5.41, 5.74) is -1.59. The lowest BCUT2D eigenvalue weighted by Crippen LogP contribution is -2.19. The van der Waals surface area contributed by atoms with Crippen LogP contribution < -0.4 is 0 Å². The number of hydrogen-bond donors (Lipinski definition) is 0. The molecular weight excluding hydrogens is 209 g/mol. The Labute approximate surface area is 85.7 Å². The number of allylic oxidation sites excluding steroid dienone is 3. The number of methoxy groups -OCH3 is 1. The molecule has 0 N–H and O–H groups in total. The van der Waals surface area contributed by atoms with Crippen LogP contribution in [0.4, 0.5) is 13.2 Å². The van der Waals surface area contributed by atoms with Crippen LogP contribution in [-0.2, 0) is 9.53 Å². The van der Waals surface area contributed by atoms with Crippen molar-refractivity contribution in [3.8, 4) is 0 Å². The van der Waals surface area contributed by atoms with E-state index in [-0.39, 0.29) is 0 Å². The first-order valence-electron chi connectivity index (χ1n) is 4.03. The summed E-state index contributed by atoms with van der Waals surface area (Å²) in [5, 5.41) is 0. The third kappa shape index (κ3) is 3.61. The third-order valence-electron chi connectivity index (χ3n) is 1.57. The SMILES string of the molecule is C=C/C=C(\C(=C/C)C(=O)OC)C(F)(F)F. The molecule has 2 nitrogen and oxygen atoms in total. The van der Waals surface area contributed by atoms with Crippen LogP contribution in [0.2, 0.25) is 0 Å².